The molecule has 31 heavy (non-hydrogen) atoms. The summed E-state index contributed by atoms with van der Waals surface area (Å²) in [6.45, 7) is 1.95. The van der Waals surface area contributed by atoms with Crippen LogP contribution in [0.5, 0.6) is 5.75 Å². The molecule has 3 heterocycles. The number of halogens is 1. The molecule has 0 aliphatic carbocycles. The quantitative estimate of drug-likeness (QED) is 0.519. The van der Waals surface area contributed by atoms with Crippen LogP contribution in [0.1, 0.15) is 22.7 Å². The molecule has 8 nitrogen and oxygen atoms in total. The van der Waals surface area contributed by atoms with Crippen LogP contribution in [-0.2, 0) is 14.9 Å². The number of hydrogen-bond donors (Lipinski definition) is 4. The first-order chi connectivity index (χ1) is 14.9. The summed E-state index contributed by atoms with van der Waals surface area (Å²) in [6, 6.07) is 13.2. The Bertz CT molecular complexity index is 1170. The topological polar surface area (TPSA) is 121 Å². The molecule has 3 aliphatic heterocycles. The Morgan fingerprint density at radius 2 is 1.97 bits per heavy atom. The van der Waals surface area contributed by atoms with Crippen molar-refractivity contribution in [2.75, 3.05) is 12.4 Å². The van der Waals surface area contributed by atoms with Crippen molar-refractivity contribution >= 4 is 27.5 Å². The zero-order valence-electron chi connectivity index (χ0n) is 16.8. The number of aryl methyl sites for hydroxylation is 1. The SMILES string of the molecule is COc1ccc(C2NNC3OC(N)=C(C#N)C4(C(=O)Nc5ccc(C)c(Br)c54)C32)cc1. The first kappa shape index (κ1) is 19.9. The summed E-state index contributed by atoms with van der Waals surface area (Å²) < 4.78 is 11.9. The normalized spacial score (nSPS) is 28.6. The van der Waals surface area contributed by atoms with Crippen molar-refractivity contribution in [3.8, 4) is 11.8 Å². The van der Waals surface area contributed by atoms with Crippen molar-refractivity contribution in [1.29, 1.82) is 5.26 Å². The minimum atomic E-state index is -1.33. The van der Waals surface area contributed by atoms with Gasteiger partial charge in [-0.3, -0.25) is 4.79 Å². The van der Waals surface area contributed by atoms with Gasteiger partial charge in [0, 0.05) is 15.7 Å². The lowest BCUT2D eigenvalue weighted by Gasteiger charge is -2.42. The molecule has 5 N–H and O–H groups in total. The molecule has 1 amide bonds. The number of hydrogen-bond acceptors (Lipinski definition) is 7. The fourth-order valence-corrected chi connectivity index (χ4v) is 5.63. The second kappa shape index (κ2) is 6.99. The minimum Gasteiger partial charge on any atom is -0.497 e. The molecule has 1 spiro atoms. The molecule has 4 unspecified atom stereocenters. The van der Waals surface area contributed by atoms with E-state index in [-0.39, 0.29) is 23.4 Å². The Kier molecular flexibility index (Phi) is 4.48. The first-order valence-corrected chi connectivity index (χ1v) is 10.6. The van der Waals surface area contributed by atoms with Crippen LogP contribution in [0, 0.1) is 24.2 Å². The number of nitrogens with two attached hydrogens (primary N) is 1. The van der Waals surface area contributed by atoms with Crippen LogP contribution in [0.25, 0.3) is 0 Å². The van der Waals surface area contributed by atoms with E-state index >= 15 is 0 Å². The average Bonchev–Trinajstić information content (AvgIpc) is 3.31. The molecular formula is C22H20BrN5O3. The molecule has 1 saturated heterocycles. The monoisotopic (exact) mass is 481 g/mol. The number of nitriles is 1. The number of carbonyl (C=O) groups is 1. The van der Waals surface area contributed by atoms with E-state index in [4.69, 9.17) is 15.2 Å². The number of hydrazine groups is 1. The largest absolute Gasteiger partial charge is 0.497 e. The van der Waals surface area contributed by atoms with Gasteiger partial charge >= 0.3 is 0 Å². The van der Waals surface area contributed by atoms with E-state index in [1.165, 1.54) is 0 Å². The molecular weight excluding hydrogens is 462 g/mol. The number of methoxy groups -OCH3 is 1. The summed E-state index contributed by atoms with van der Waals surface area (Å²) >= 11 is 3.67. The molecule has 5 rings (SSSR count). The van der Waals surface area contributed by atoms with Gasteiger partial charge in [-0.2, -0.15) is 5.26 Å². The number of fused-ring (bicyclic) bond motifs is 4. The molecule has 0 saturated carbocycles. The third kappa shape index (κ3) is 2.56. The average molecular weight is 482 g/mol. The van der Waals surface area contributed by atoms with Crippen molar-refractivity contribution in [2.24, 2.45) is 11.7 Å². The lowest BCUT2D eigenvalue weighted by atomic mass is 9.61. The highest BCUT2D eigenvalue weighted by molar-refractivity contribution is 9.10. The second-order valence-corrected chi connectivity index (χ2v) is 8.63. The van der Waals surface area contributed by atoms with Gasteiger partial charge in [0.05, 0.1) is 19.1 Å². The van der Waals surface area contributed by atoms with Gasteiger partial charge in [-0.1, -0.05) is 34.1 Å². The molecule has 158 valence electrons. The predicted molar refractivity (Wildman–Crippen MR) is 116 cm³/mol. The number of nitrogens with one attached hydrogen (secondary N) is 3. The molecule has 0 aromatic heterocycles. The Hall–Kier alpha value is -3.06. The van der Waals surface area contributed by atoms with Gasteiger partial charge in [-0.15, -0.1) is 0 Å². The van der Waals surface area contributed by atoms with Crippen molar-refractivity contribution in [3.63, 3.8) is 0 Å². The maximum atomic E-state index is 13.7. The third-order valence-corrected chi connectivity index (χ3v) is 7.41. The van der Waals surface area contributed by atoms with Gasteiger partial charge in [-0.05, 0) is 36.2 Å². The fourth-order valence-electron chi connectivity index (χ4n) is 4.97. The zero-order chi connectivity index (χ0) is 21.9. The maximum absolute atomic E-state index is 13.7. The zero-order valence-corrected chi connectivity index (χ0v) is 18.4. The van der Waals surface area contributed by atoms with Gasteiger partial charge in [-0.25, -0.2) is 10.9 Å². The summed E-state index contributed by atoms with van der Waals surface area (Å²) in [4.78, 5) is 13.7. The van der Waals surface area contributed by atoms with E-state index < -0.39 is 17.6 Å². The van der Waals surface area contributed by atoms with Crippen LogP contribution in [0.15, 0.2) is 52.3 Å². The van der Waals surface area contributed by atoms with Crippen LogP contribution in [0.3, 0.4) is 0 Å². The number of nitrogens with zero attached hydrogens (tertiary/aromatic N) is 1. The van der Waals surface area contributed by atoms with E-state index in [1.54, 1.807) is 7.11 Å². The van der Waals surface area contributed by atoms with Gasteiger partial charge in [0.2, 0.25) is 11.8 Å². The lowest BCUT2D eigenvalue weighted by molar-refractivity contribution is -0.124. The molecule has 2 aromatic carbocycles. The van der Waals surface area contributed by atoms with E-state index in [9.17, 15) is 10.1 Å². The molecule has 9 heteroatoms. The van der Waals surface area contributed by atoms with Gasteiger partial charge in [0.25, 0.3) is 0 Å². The number of ether oxygens (including phenoxy) is 2. The summed E-state index contributed by atoms with van der Waals surface area (Å²) in [6.07, 6.45) is -0.617. The van der Waals surface area contributed by atoms with Crippen LogP contribution < -0.4 is 26.6 Å². The Morgan fingerprint density at radius 1 is 1.23 bits per heavy atom. The van der Waals surface area contributed by atoms with Crippen LogP contribution in [0.4, 0.5) is 5.69 Å². The standard InChI is InChI=1S/C22H20BrN5O3/c1-10-3-8-14-15(17(10)23)22(21(29)26-14)13(9-24)19(25)31-20-16(22)18(27-28-20)11-4-6-12(30-2)7-5-11/h3-8,16,18,20,27-28H,25H2,1-2H3,(H,26,29). The van der Waals surface area contributed by atoms with Gasteiger partial charge in [0.15, 0.2) is 6.23 Å². The highest BCUT2D eigenvalue weighted by atomic mass is 79.9. The van der Waals surface area contributed by atoms with Crippen molar-refractivity contribution in [1.82, 2.24) is 10.9 Å². The van der Waals surface area contributed by atoms with Crippen LogP contribution in [0.2, 0.25) is 0 Å². The summed E-state index contributed by atoms with van der Waals surface area (Å²) in [5, 5.41) is 13.1. The highest BCUT2D eigenvalue weighted by Crippen LogP contribution is 2.58. The molecule has 3 aliphatic rings. The predicted octanol–water partition coefficient (Wildman–Crippen LogP) is 2.47. The Balaban J connectivity index is 1.78. The van der Waals surface area contributed by atoms with Crippen LogP contribution in [-0.4, -0.2) is 19.2 Å². The first-order valence-electron chi connectivity index (χ1n) is 9.76. The Morgan fingerprint density at radius 3 is 2.65 bits per heavy atom. The van der Waals surface area contributed by atoms with Crippen molar-refractivity contribution < 1.29 is 14.3 Å². The summed E-state index contributed by atoms with van der Waals surface area (Å²) in [5.41, 5.74) is 14.6. The molecule has 1 fully saturated rings. The summed E-state index contributed by atoms with van der Waals surface area (Å²) in [7, 11) is 1.61. The molecule has 0 radical (unpaired) electrons. The lowest BCUT2D eigenvalue weighted by Crippen LogP contribution is -2.54. The molecule has 4 atom stereocenters. The van der Waals surface area contributed by atoms with E-state index in [2.05, 4.69) is 38.2 Å². The third-order valence-electron chi connectivity index (χ3n) is 6.38. The number of rotatable bonds is 2. The minimum absolute atomic E-state index is 0.0511. The van der Waals surface area contributed by atoms with E-state index in [0.717, 1.165) is 21.3 Å². The fraction of sp³-hybridized carbons (Fsp3) is 0.273. The van der Waals surface area contributed by atoms with Crippen LogP contribution >= 0.6 is 15.9 Å². The van der Waals surface area contributed by atoms with Crippen molar-refractivity contribution in [2.45, 2.75) is 24.6 Å². The number of anilines is 1. The summed E-state index contributed by atoms with van der Waals surface area (Å²) in [5.74, 6) is -0.104. The van der Waals surface area contributed by atoms with Gasteiger partial charge in [0.1, 0.15) is 22.8 Å². The number of benzene rings is 2. The molecule has 0 bridgehead atoms. The molecule has 2 aromatic rings. The number of amides is 1. The van der Waals surface area contributed by atoms with E-state index in [1.807, 2.05) is 43.3 Å². The van der Waals surface area contributed by atoms with Crippen molar-refractivity contribution in [3.05, 3.63) is 69.0 Å². The number of carbonyl (C=O) groups excluding carboxylic acids is 1. The smallest absolute Gasteiger partial charge is 0.241 e. The second-order valence-electron chi connectivity index (χ2n) is 7.84. The van der Waals surface area contributed by atoms with E-state index in [0.29, 0.717) is 11.3 Å². The van der Waals surface area contributed by atoms with Gasteiger partial charge < -0.3 is 20.5 Å². The Labute approximate surface area is 187 Å². The maximum Gasteiger partial charge on any atom is 0.241 e. The highest BCUT2D eigenvalue weighted by Gasteiger charge is 2.66.